The van der Waals surface area contributed by atoms with Gasteiger partial charge in [-0.15, -0.1) is 0 Å². The third kappa shape index (κ3) is 2.06. The van der Waals surface area contributed by atoms with Gasteiger partial charge in [0.05, 0.1) is 6.20 Å². The zero-order valence-electron chi connectivity index (χ0n) is 10.3. The van der Waals surface area contributed by atoms with Crippen LogP contribution in [0.25, 0.3) is 5.65 Å². The number of nitrogens with zero attached hydrogens (tertiary/aromatic N) is 3. The van der Waals surface area contributed by atoms with E-state index < -0.39 is 0 Å². The SMILES string of the molecule is Cc1ccc(Oc2nc3ccccn3c2C=O)cn1. The van der Waals surface area contributed by atoms with Gasteiger partial charge in [0.15, 0.2) is 12.0 Å². The van der Waals surface area contributed by atoms with E-state index in [9.17, 15) is 4.79 Å². The quantitative estimate of drug-likeness (QED) is 0.673. The van der Waals surface area contributed by atoms with E-state index in [1.807, 2.05) is 31.2 Å². The first kappa shape index (κ1) is 11.4. The Morgan fingerprint density at radius 1 is 1.26 bits per heavy atom. The number of aromatic nitrogens is 3. The first-order valence-corrected chi connectivity index (χ1v) is 5.81. The van der Waals surface area contributed by atoms with Crippen molar-refractivity contribution in [3.63, 3.8) is 0 Å². The lowest BCUT2D eigenvalue weighted by atomic mass is 10.4. The van der Waals surface area contributed by atoms with Crippen LogP contribution in [0.1, 0.15) is 16.2 Å². The van der Waals surface area contributed by atoms with E-state index in [0.717, 1.165) is 12.0 Å². The summed E-state index contributed by atoms with van der Waals surface area (Å²) in [5, 5.41) is 0. The van der Waals surface area contributed by atoms with Gasteiger partial charge in [0.1, 0.15) is 11.4 Å². The number of aryl methyl sites for hydroxylation is 1. The number of aldehydes is 1. The fourth-order valence-electron chi connectivity index (χ4n) is 1.80. The summed E-state index contributed by atoms with van der Waals surface area (Å²) in [6.07, 6.45) is 4.11. The highest BCUT2D eigenvalue weighted by atomic mass is 16.5. The van der Waals surface area contributed by atoms with Gasteiger partial charge in [0, 0.05) is 11.9 Å². The average Bonchev–Trinajstić information content (AvgIpc) is 2.78. The van der Waals surface area contributed by atoms with E-state index in [0.29, 0.717) is 17.1 Å². The fraction of sp³-hybridized carbons (Fsp3) is 0.0714. The molecule has 0 saturated carbocycles. The average molecular weight is 253 g/mol. The Labute approximate surface area is 109 Å². The van der Waals surface area contributed by atoms with Crippen LogP contribution in [0.3, 0.4) is 0 Å². The molecule has 0 bridgehead atoms. The normalized spacial score (nSPS) is 10.6. The fourth-order valence-corrected chi connectivity index (χ4v) is 1.80. The van der Waals surface area contributed by atoms with Crippen LogP contribution in [0.5, 0.6) is 11.6 Å². The van der Waals surface area contributed by atoms with Crippen molar-refractivity contribution in [2.24, 2.45) is 0 Å². The molecule has 19 heavy (non-hydrogen) atoms. The summed E-state index contributed by atoms with van der Waals surface area (Å²) in [6, 6.07) is 9.13. The number of hydrogen-bond acceptors (Lipinski definition) is 4. The predicted octanol–water partition coefficient (Wildman–Crippen LogP) is 2.64. The molecule has 0 atom stereocenters. The summed E-state index contributed by atoms with van der Waals surface area (Å²) in [5.74, 6) is 0.837. The number of hydrogen-bond donors (Lipinski definition) is 0. The zero-order chi connectivity index (χ0) is 13.2. The highest BCUT2D eigenvalue weighted by molar-refractivity contribution is 5.78. The smallest absolute Gasteiger partial charge is 0.249 e. The standard InChI is InChI=1S/C14H11N3O2/c1-10-5-6-11(8-15-10)19-14-12(9-18)17-7-3-2-4-13(17)16-14/h2-9H,1H3. The van der Waals surface area contributed by atoms with E-state index >= 15 is 0 Å². The van der Waals surface area contributed by atoms with Crippen molar-refractivity contribution >= 4 is 11.9 Å². The van der Waals surface area contributed by atoms with Gasteiger partial charge in [-0.05, 0) is 31.2 Å². The largest absolute Gasteiger partial charge is 0.435 e. The van der Waals surface area contributed by atoms with Crippen LogP contribution in [0.15, 0.2) is 42.7 Å². The monoisotopic (exact) mass is 253 g/mol. The molecule has 0 aliphatic carbocycles. The van der Waals surface area contributed by atoms with Crippen molar-refractivity contribution in [1.82, 2.24) is 14.4 Å². The van der Waals surface area contributed by atoms with Gasteiger partial charge in [0.2, 0.25) is 5.88 Å². The van der Waals surface area contributed by atoms with Gasteiger partial charge < -0.3 is 4.74 Å². The van der Waals surface area contributed by atoms with E-state index in [1.54, 1.807) is 22.9 Å². The summed E-state index contributed by atoms with van der Waals surface area (Å²) in [5.41, 5.74) is 1.95. The lowest BCUT2D eigenvalue weighted by Crippen LogP contribution is -1.93. The van der Waals surface area contributed by atoms with Crippen LogP contribution in [0.4, 0.5) is 0 Å². The molecule has 0 spiro atoms. The minimum absolute atomic E-state index is 0.284. The Kier molecular flexibility index (Phi) is 2.72. The van der Waals surface area contributed by atoms with Crippen molar-refractivity contribution in [3.8, 4) is 11.6 Å². The summed E-state index contributed by atoms with van der Waals surface area (Å²) < 4.78 is 7.30. The van der Waals surface area contributed by atoms with Crippen LogP contribution >= 0.6 is 0 Å². The molecule has 3 aromatic rings. The molecule has 94 valence electrons. The molecule has 0 unspecified atom stereocenters. The lowest BCUT2D eigenvalue weighted by Gasteiger charge is -2.02. The van der Waals surface area contributed by atoms with E-state index in [-0.39, 0.29) is 5.88 Å². The van der Waals surface area contributed by atoms with Crippen molar-refractivity contribution in [3.05, 3.63) is 54.1 Å². The molecule has 0 radical (unpaired) electrons. The van der Waals surface area contributed by atoms with Gasteiger partial charge in [0.25, 0.3) is 0 Å². The Morgan fingerprint density at radius 3 is 2.89 bits per heavy atom. The molecule has 0 aromatic carbocycles. The van der Waals surface area contributed by atoms with Gasteiger partial charge >= 0.3 is 0 Å². The van der Waals surface area contributed by atoms with Crippen LogP contribution in [-0.4, -0.2) is 20.7 Å². The topological polar surface area (TPSA) is 56.5 Å². The molecular formula is C14H11N3O2. The molecule has 0 fully saturated rings. The molecule has 0 aliphatic rings. The molecule has 3 aromatic heterocycles. The number of pyridine rings is 2. The van der Waals surface area contributed by atoms with E-state index in [4.69, 9.17) is 4.74 Å². The Hall–Kier alpha value is -2.69. The van der Waals surface area contributed by atoms with E-state index in [1.165, 1.54) is 0 Å². The maximum absolute atomic E-state index is 11.2. The first-order valence-electron chi connectivity index (χ1n) is 5.81. The molecule has 5 nitrogen and oxygen atoms in total. The van der Waals surface area contributed by atoms with Gasteiger partial charge in [-0.2, -0.15) is 4.98 Å². The highest BCUT2D eigenvalue weighted by Crippen LogP contribution is 2.24. The molecular weight excluding hydrogens is 242 g/mol. The van der Waals surface area contributed by atoms with Gasteiger partial charge in [-0.1, -0.05) is 6.07 Å². The number of rotatable bonds is 3. The Balaban J connectivity index is 2.05. The van der Waals surface area contributed by atoms with Crippen LogP contribution in [-0.2, 0) is 0 Å². The Morgan fingerprint density at radius 2 is 2.16 bits per heavy atom. The highest BCUT2D eigenvalue weighted by Gasteiger charge is 2.13. The number of carbonyl (C=O) groups excluding carboxylic acids is 1. The number of imidazole rings is 1. The summed E-state index contributed by atoms with van der Waals surface area (Å²) in [7, 11) is 0. The number of carbonyl (C=O) groups is 1. The maximum Gasteiger partial charge on any atom is 0.249 e. The molecule has 0 aliphatic heterocycles. The third-order valence-electron chi connectivity index (χ3n) is 2.74. The second-order valence-electron chi connectivity index (χ2n) is 4.09. The molecule has 0 amide bonds. The molecule has 0 N–H and O–H groups in total. The predicted molar refractivity (Wildman–Crippen MR) is 69.6 cm³/mol. The Bertz CT molecular complexity index is 732. The first-order chi connectivity index (χ1) is 9.28. The van der Waals surface area contributed by atoms with Crippen molar-refractivity contribution in [1.29, 1.82) is 0 Å². The zero-order valence-corrected chi connectivity index (χ0v) is 10.3. The van der Waals surface area contributed by atoms with Gasteiger partial charge in [-0.3, -0.25) is 14.2 Å². The summed E-state index contributed by atoms with van der Waals surface area (Å²) in [4.78, 5) is 19.6. The van der Waals surface area contributed by atoms with Crippen LogP contribution < -0.4 is 4.74 Å². The number of fused-ring (bicyclic) bond motifs is 1. The second-order valence-corrected chi connectivity index (χ2v) is 4.09. The molecule has 3 heterocycles. The summed E-state index contributed by atoms with van der Waals surface area (Å²) in [6.45, 7) is 1.89. The molecule has 0 saturated heterocycles. The minimum Gasteiger partial charge on any atom is -0.435 e. The van der Waals surface area contributed by atoms with Crippen molar-refractivity contribution in [2.75, 3.05) is 0 Å². The van der Waals surface area contributed by atoms with Gasteiger partial charge in [-0.25, -0.2) is 0 Å². The second kappa shape index (κ2) is 4.53. The molecule has 3 rings (SSSR count). The summed E-state index contributed by atoms with van der Waals surface area (Å²) >= 11 is 0. The minimum atomic E-state index is 0.284. The van der Waals surface area contributed by atoms with Crippen molar-refractivity contribution in [2.45, 2.75) is 6.92 Å². The van der Waals surface area contributed by atoms with Crippen LogP contribution in [0, 0.1) is 6.92 Å². The van der Waals surface area contributed by atoms with E-state index in [2.05, 4.69) is 9.97 Å². The lowest BCUT2D eigenvalue weighted by molar-refractivity contribution is 0.111. The van der Waals surface area contributed by atoms with Crippen LogP contribution in [0.2, 0.25) is 0 Å². The number of ether oxygens (including phenoxy) is 1. The molecule has 5 heteroatoms. The third-order valence-corrected chi connectivity index (χ3v) is 2.74. The maximum atomic E-state index is 11.2. The van der Waals surface area contributed by atoms with Crippen molar-refractivity contribution < 1.29 is 9.53 Å².